The molecule has 8 atom stereocenters. The maximum Gasteiger partial charge on any atom is 0.332 e. The predicted octanol–water partition coefficient (Wildman–Crippen LogP) is 10.3. The molecule has 0 amide bonds. The summed E-state index contributed by atoms with van der Waals surface area (Å²) in [6.45, 7) is 23.7. The molecule has 246 valence electrons. The van der Waals surface area contributed by atoms with E-state index in [0.717, 1.165) is 74.7 Å². The van der Waals surface area contributed by atoms with Crippen molar-refractivity contribution in [2.24, 2.45) is 46.3 Å². The number of allylic oxidation sites excluding steroid dienone is 1. The van der Waals surface area contributed by atoms with Gasteiger partial charge in [-0.05, 0) is 91.3 Å². The Balaban J connectivity index is 0.00000155. The first-order valence-corrected chi connectivity index (χ1v) is 18.1. The van der Waals surface area contributed by atoms with E-state index in [4.69, 9.17) is 9.47 Å². The zero-order valence-electron chi connectivity index (χ0n) is 29.1. The summed E-state index contributed by atoms with van der Waals surface area (Å²) in [5.74, 6) is 4.99. The van der Waals surface area contributed by atoms with Gasteiger partial charge in [-0.15, -0.1) is 0 Å². The number of ether oxygens (including phenoxy) is 2. The molecule has 5 aliphatic rings. The van der Waals surface area contributed by atoms with Crippen LogP contribution >= 0.6 is 0 Å². The molecule has 3 unspecified atom stereocenters. The van der Waals surface area contributed by atoms with Crippen molar-refractivity contribution in [1.29, 1.82) is 0 Å². The van der Waals surface area contributed by atoms with E-state index in [1.807, 2.05) is 33.9 Å². The Kier molecular flexibility index (Phi) is 13.5. The van der Waals surface area contributed by atoms with E-state index in [1.165, 1.54) is 57.8 Å². The van der Waals surface area contributed by atoms with Gasteiger partial charge in [0.2, 0.25) is 0 Å². The molecule has 4 heteroatoms. The molecule has 1 heterocycles. The van der Waals surface area contributed by atoms with Gasteiger partial charge in [0.05, 0.1) is 13.2 Å². The molecule has 42 heavy (non-hydrogen) atoms. The fourth-order valence-electron chi connectivity index (χ4n) is 9.85. The Morgan fingerprint density at radius 3 is 2.43 bits per heavy atom. The van der Waals surface area contributed by atoms with E-state index in [2.05, 4.69) is 45.6 Å². The summed E-state index contributed by atoms with van der Waals surface area (Å²) in [6, 6.07) is 0. The van der Waals surface area contributed by atoms with Gasteiger partial charge in [0.15, 0.2) is 0 Å². The number of hydrogen-bond donors (Lipinski definition) is 0. The van der Waals surface area contributed by atoms with E-state index in [0.29, 0.717) is 10.8 Å². The van der Waals surface area contributed by atoms with Gasteiger partial charge in [-0.3, -0.25) is 0 Å². The third kappa shape index (κ3) is 7.86. The standard InChI is InChI=1S/C34H55NO3.2C2H6.2H2/c1-24(2)7-6-8-25(3)29-11-12-30-28-10-9-26-23-27(38-32(36)15-18-35-19-21-37-22-20-35)13-16-33(26,4)31(28)14-17-34(29,30)5;2*1-2;;/h9,15,18,24-25,27-31H,6-8,10-14,16-17,19-23H2,1-5H3;2*1-2H3;2*1H/b18-15+;;;;/t25-,27+,28?,29-,30?,31?,33+,34-;;;;/m1..../s1. The van der Waals surface area contributed by atoms with Gasteiger partial charge in [-0.25, -0.2) is 4.79 Å². The number of morpholine rings is 1. The van der Waals surface area contributed by atoms with Crippen molar-refractivity contribution < 1.29 is 17.1 Å². The molecule has 0 aromatic rings. The second-order valence-corrected chi connectivity index (χ2v) is 14.6. The quantitative estimate of drug-likeness (QED) is 0.160. The van der Waals surface area contributed by atoms with Crippen LogP contribution in [0.15, 0.2) is 23.9 Å². The molecule has 3 saturated carbocycles. The zero-order chi connectivity index (χ0) is 30.9. The summed E-state index contributed by atoms with van der Waals surface area (Å²) < 4.78 is 11.4. The monoisotopic (exact) mass is 590 g/mol. The van der Waals surface area contributed by atoms with E-state index in [-0.39, 0.29) is 14.9 Å². The number of nitrogens with zero attached hydrogens (tertiary/aromatic N) is 1. The fraction of sp³-hybridized carbons (Fsp3) is 0.868. The van der Waals surface area contributed by atoms with Crippen LogP contribution in [-0.4, -0.2) is 43.3 Å². The highest BCUT2D eigenvalue weighted by atomic mass is 16.5. The van der Waals surface area contributed by atoms with Crippen LogP contribution in [0.1, 0.15) is 136 Å². The van der Waals surface area contributed by atoms with Crippen molar-refractivity contribution in [3.63, 3.8) is 0 Å². The number of carbonyl (C=O) groups excluding carboxylic acids is 1. The SMILES string of the molecule is CC.CC.CC(C)CCC[C@@H](C)[C@H]1CCC2C3CC=C4C[C@@H](OC(=O)/C=C/N5CCOCC5)CC[C@]4(C)C3CC[C@@]21C.[HH].[HH]. The molecule has 5 rings (SSSR count). The highest BCUT2D eigenvalue weighted by Gasteiger charge is 2.59. The molecule has 0 bridgehead atoms. The van der Waals surface area contributed by atoms with Crippen LogP contribution < -0.4 is 0 Å². The summed E-state index contributed by atoms with van der Waals surface area (Å²) in [5.41, 5.74) is 2.44. The predicted molar refractivity (Wildman–Crippen MR) is 181 cm³/mol. The van der Waals surface area contributed by atoms with Crippen LogP contribution in [0.25, 0.3) is 0 Å². The molecule has 0 radical (unpaired) electrons. The van der Waals surface area contributed by atoms with Gasteiger partial charge in [0.25, 0.3) is 0 Å². The lowest BCUT2D eigenvalue weighted by molar-refractivity contribution is -0.145. The van der Waals surface area contributed by atoms with E-state index < -0.39 is 0 Å². The summed E-state index contributed by atoms with van der Waals surface area (Å²) >= 11 is 0. The van der Waals surface area contributed by atoms with Gasteiger partial charge in [-0.2, -0.15) is 0 Å². The smallest absolute Gasteiger partial charge is 0.332 e. The first-order valence-electron chi connectivity index (χ1n) is 18.1. The molecule has 0 aromatic carbocycles. The maximum atomic E-state index is 12.6. The van der Waals surface area contributed by atoms with Crippen molar-refractivity contribution in [2.45, 2.75) is 139 Å². The van der Waals surface area contributed by atoms with Crippen LogP contribution in [0.5, 0.6) is 0 Å². The van der Waals surface area contributed by atoms with Crippen molar-refractivity contribution in [1.82, 2.24) is 4.90 Å². The molecular weight excluding hydrogens is 518 g/mol. The zero-order valence-corrected chi connectivity index (χ0v) is 29.1. The number of fused-ring (bicyclic) bond motifs is 5. The highest BCUT2D eigenvalue weighted by molar-refractivity contribution is 5.82. The Labute approximate surface area is 263 Å². The minimum Gasteiger partial charge on any atom is -0.459 e. The molecule has 0 aromatic heterocycles. The number of carbonyl (C=O) groups is 1. The van der Waals surface area contributed by atoms with Gasteiger partial charge in [0.1, 0.15) is 6.10 Å². The molecule has 0 spiro atoms. The minimum absolute atomic E-state index is 0. The van der Waals surface area contributed by atoms with Crippen LogP contribution in [0, 0.1) is 46.3 Å². The van der Waals surface area contributed by atoms with Crippen LogP contribution in [-0.2, 0) is 14.3 Å². The first kappa shape index (κ1) is 35.2. The van der Waals surface area contributed by atoms with Crippen LogP contribution in [0.3, 0.4) is 0 Å². The normalized spacial score (nSPS) is 36.4. The first-order chi connectivity index (χ1) is 20.2. The lowest BCUT2D eigenvalue weighted by Gasteiger charge is -2.58. The van der Waals surface area contributed by atoms with Crippen LogP contribution in [0.4, 0.5) is 0 Å². The van der Waals surface area contributed by atoms with Gasteiger partial charge in [-0.1, -0.05) is 93.2 Å². The van der Waals surface area contributed by atoms with Crippen molar-refractivity contribution in [3.8, 4) is 0 Å². The maximum absolute atomic E-state index is 12.6. The Bertz CT molecular complexity index is 901. The molecule has 4 fully saturated rings. The Hall–Kier alpha value is -1.29. The van der Waals surface area contributed by atoms with Crippen LogP contribution in [0.2, 0.25) is 0 Å². The van der Waals surface area contributed by atoms with E-state index in [9.17, 15) is 4.79 Å². The number of hydrogen-bond acceptors (Lipinski definition) is 4. The van der Waals surface area contributed by atoms with E-state index >= 15 is 0 Å². The summed E-state index contributed by atoms with van der Waals surface area (Å²) in [6.07, 6.45) is 20.4. The molecule has 4 nitrogen and oxygen atoms in total. The second-order valence-electron chi connectivity index (χ2n) is 14.6. The molecule has 4 aliphatic carbocycles. The molecular formula is C38H71NO3. The highest BCUT2D eigenvalue weighted by Crippen LogP contribution is 2.67. The average Bonchev–Trinajstić information content (AvgIpc) is 3.36. The van der Waals surface area contributed by atoms with Crippen molar-refractivity contribution >= 4 is 5.97 Å². The molecule has 0 N–H and O–H groups in total. The second kappa shape index (κ2) is 16.1. The fourth-order valence-corrected chi connectivity index (χ4v) is 9.85. The topological polar surface area (TPSA) is 38.8 Å². The Morgan fingerprint density at radius 1 is 1.02 bits per heavy atom. The van der Waals surface area contributed by atoms with Gasteiger partial charge < -0.3 is 14.4 Å². The largest absolute Gasteiger partial charge is 0.459 e. The summed E-state index contributed by atoms with van der Waals surface area (Å²) in [5, 5.41) is 0. The van der Waals surface area contributed by atoms with Gasteiger partial charge in [0, 0.05) is 34.6 Å². The van der Waals surface area contributed by atoms with Crippen molar-refractivity contribution in [3.05, 3.63) is 23.9 Å². The third-order valence-corrected chi connectivity index (χ3v) is 12.0. The molecule has 1 saturated heterocycles. The average molecular weight is 590 g/mol. The lowest BCUT2D eigenvalue weighted by atomic mass is 9.47. The van der Waals surface area contributed by atoms with E-state index in [1.54, 1.807) is 11.6 Å². The third-order valence-electron chi connectivity index (χ3n) is 12.0. The summed E-state index contributed by atoms with van der Waals surface area (Å²) in [7, 11) is 0. The van der Waals surface area contributed by atoms with Crippen molar-refractivity contribution in [2.75, 3.05) is 26.3 Å². The summed E-state index contributed by atoms with van der Waals surface area (Å²) in [4.78, 5) is 14.7. The number of rotatable bonds is 8. The minimum atomic E-state index is -0.188. The Morgan fingerprint density at radius 2 is 1.74 bits per heavy atom. The van der Waals surface area contributed by atoms with Gasteiger partial charge >= 0.3 is 5.97 Å². The number of esters is 1. The molecule has 1 aliphatic heterocycles. The lowest BCUT2D eigenvalue weighted by Crippen LogP contribution is -2.51.